The van der Waals surface area contributed by atoms with E-state index in [4.69, 9.17) is 6.42 Å². The van der Waals surface area contributed by atoms with Gasteiger partial charge in [-0.2, -0.15) is 0 Å². The molecule has 2 aromatic rings. The minimum absolute atomic E-state index is 0.108. The Balaban J connectivity index is 1.83. The monoisotopic (exact) mass is 413 g/mol. The third kappa shape index (κ3) is 6.46. The van der Waals surface area contributed by atoms with Crippen LogP contribution in [0.5, 0.6) is 0 Å². The van der Waals surface area contributed by atoms with Crippen LogP contribution in [0, 0.1) is 12.3 Å². The molecule has 0 amide bonds. The highest BCUT2D eigenvalue weighted by atomic mass is 32.2. The molecular weight excluding hydrogens is 388 g/mol. The van der Waals surface area contributed by atoms with Gasteiger partial charge in [0, 0.05) is 11.3 Å². The second-order valence-corrected chi connectivity index (χ2v) is 9.79. The van der Waals surface area contributed by atoms with Crippen LogP contribution in [0.2, 0.25) is 0 Å². The van der Waals surface area contributed by atoms with Gasteiger partial charge < -0.3 is 0 Å². The Labute approximate surface area is 182 Å². The summed E-state index contributed by atoms with van der Waals surface area (Å²) < 4.78 is 0. The minimum atomic E-state index is -0.108. The van der Waals surface area contributed by atoms with Gasteiger partial charge in [-0.3, -0.25) is 0 Å². The summed E-state index contributed by atoms with van der Waals surface area (Å²) in [4.78, 5) is 6.51. The molecular formula is C27H25S2+. The second-order valence-electron chi connectivity index (χ2n) is 6.44. The van der Waals surface area contributed by atoms with E-state index in [0.29, 0.717) is 6.42 Å². The van der Waals surface area contributed by atoms with Gasteiger partial charge in [0.2, 0.25) is 0 Å². The summed E-state index contributed by atoms with van der Waals surface area (Å²) in [7, 11) is -0.108. The van der Waals surface area contributed by atoms with E-state index in [0.717, 1.165) is 6.42 Å². The zero-order valence-electron chi connectivity index (χ0n) is 16.6. The number of rotatable bonds is 7. The second kappa shape index (κ2) is 11.4. The molecule has 0 saturated heterocycles. The number of thioether (sulfide) groups is 1. The maximum Gasteiger partial charge on any atom is 0.166 e. The molecule has 0 nitrogen and oxygen atoms in total. The van der Waals surface area contributed by atoms with Crippen molar-refractivity contribution in [3.05, 3.63) is 113 Å². The summed E-state index contributed by atoms with van der Waals surface area (Å²) in [6.07, 6.45) is 24.2. The Hall–Kier alpha value is -2.60. The normalized spacial score (nSPS) is 15.0. The Kier molecular flexibility index (Phi) is 8.31. The first-order valence-corrected chi connectivity index (χ1v) is 11.7. The molecule has 2 heteroatoms. The Morgan fingerprint density at radius 3 is 2.59 bits per heavy atom. The molecule has 0 saturated carbocycles. The smallest absolute Gasteiger partial charge is 0.120 e. The van der Waals surface area contributed by atoms with Gasteiger partial charge in [-0.1, -0.05) is 66.4 Å². The first kappa shape index (κ1) is 21.1. The van der Waals surface area contributed by atoms with Crippen molar-refractivity contribution < 1.29 is 0 Å². The molecule has 144 valence electrons. The molecule has 29 heavy (non-hydrogen) atoms. The zero-order chi connectivity index (χ0) is 20.3. The molecule has 1 aliphatic rings. The van der Waals surface area contributed by atoms with Gasteiger partial charge >= 0.3 is 0 Å². The predicted molar refractivity (Wildman–Crippen MR) is 130 cm³/mol. The van der Waals surface area contributed by atoms with Gasteiger partial charge in [-0.15, -0.1) is 12.3 Å². The van der Waals surface area contributed by atoms with Crippen LogP contribution < -0.4 is 0 Å². The Morgan fingerprint density at radius 1 is 1.07 bits per heavy atom. The third-order valence-corrected chi connectivity index (χ3v) is 7.40. The number of hydrogen-bond acceptors (Lipinski definition) is 1. The van der Waals surface area contributed by atoms with Gasteiger partial charge in [0.05, 0.1) is 10.9 Å². The molecule has 2 aromatic carbocycles. The van der Waals surface area contributed by atoms with Crippen LogP contribution in [0.4, 0.5) is 0 Å². The SMILES string of the molecule is C#CC/C=C\C=C(/C)Sc1ccc([S+](C2=CC=CCC=C2)c2ccccc2)cc1. The van der Waals surface area contributed by atoms with Crippen molar-refractivity contribution in [2.24, 2.45) is 0 Å². The van der Waals surface area contributed by atoms with E-state index in [1.165, 1.54) is 24.5 Å². The lowest BCUT2D eigenvalue weighted by Gasteiger charge is -2.09. The van der Waals surface area contributed by atoms with Crippen molar-refractivity contribution in [1.29, 1.82) is 0 Å². The van der Waals surface area contributed by atoms with E-state index in [9.17, 15) is 0 Å². The highest BCUT2D eigenvalue weighted by Gasteiger charge is 2.29. The maximum absolute atomic E-state index is 5.27. The summed E-state index contributed by atoms with van der Waals surface area (Å²) >= 11 is 1.78. The fourth-order valence-electron chi connectivity index (χ4n) is 2.86. The zero-order valence-corrected chi connectivity index (χ0v) is 18.3. The van der Waals surface area contributed by atoms with Crippen LogP contribution in [0.1, 0.15) is 19.8 Å². The topological polar surface area (TPSA) is 0 Å². The van der Waals surface area contributed by atoms with Crippen molar-refractivity contribution in [1.82, 2.24) is 0 Å². The number of hydrogen-bond donors (Lipinski definition) is 0. The lowest BCUT2D eigenvalue weighted by molar-refractivity contribution is 1.32. The fourth-order valence-corrected chi connectivity index (χ4v) is 5.76. The Morgan fingerprint density at radius 2 is 1.83 bits per heavy atom. The van der Waals surface area contributed by atoms with Crippen LogP contribution in [0.25, 0.3) is 0 Å². The number of allylic oxidation sites excluding steroid dienone is 9. The van der Waals surface area contributed by atoms with Crippen molar-refractivity contribution in [2.45, 2.75) is 34.5 Å². The van der Waals surface area contributed by atoms with Crippen LogP contribution in [0.15, 0.2) is 128 Å². The molecule has 0 radical (unpaired) electrons. The van der Waals surface area contributed by atoms with E-state index in [1.54, 1.807) is 11.8 Å². The molecule has 3 rings (SSSR count). The average molecular weight is 414 g/mol. The first-order valence-electron chi connectivity index (χ1n) is 9.65. The fraction of sp³-hybridized carbons (Fsp3) is 0.111. The average Bonchev–Trinajstić information content (AvgIpc) is 3.03. The first-order chi connectivity index (χ1) is 14.3. The van der Waals surface area contributed by atoms with Gasteiger partial charge in [-0.25, -0.2) is 0 Å². The molecule has 0 spiro atoms. The molecule has 0 N–H and O–H groups in total. The molecule has 1 aliphatic carbocycles. The van der Waals surface area contributed by atoms with Crippen LogP contribution >= 0.6 is 11.8 Å². The van der Waals surface area contributed by atoms with Crippen LogP contribution in [-0.2, 0) is 10.9 Å². The third-order valence-electron chi connectivity index (χ3n) is 4.21. The summed E-state index contributed by atoms with van der Waals surface area (Å²) in [5, 5.41) is 0. The molecule has 1 atom stereocenters. The molecule has 1 unspecified atom stereocenters. The van der Waals surface area contributed by atoms with E-state index in [1.807, 2.05) is 12.2 Å². The summed E-state index contributed by atoms with van der Waals surface area (Å²) in [6.45, 7) is 2.13. The summed E-state index contributed by atoms with van der Waals surface area (Å²) in [6, 6.07) is 19.8. The van der Waals surface area contributed by atoms with Crippen molar-refractivity contribution in [3.8, 4) is 12.3 Å². The standard InChI is InChI=1S/C27H25S2/c1-3-4-5-9-14-23(2)28-24-19-21-27(22-20-24)29(26-17-12-8-13-18-26)25-15-10-6-7-11-16-25/h1,5-6,8-22H,4,7H2,2H3/q+1/b9-5-,23-14+. The molecule has 0 aliphatic heterocycles. The number of terminal acetylenes is 1. The van der Waals surface area contributed by atoms with Crippen molar-refractivity contribution in [2.75, 3.05) is 0 Å². The largest absolute Gasteiger partial charge is 0.166 e. The predicted octanol–water partition coefficient (Wildman–Crippen LogP) is 7.70. The van der Waals surface area contributed by atoms with Gasteiger partial charge in [0.1, 0.15) is 0 Å². The lowest BCUT2D eigenvalue weighted by Crippen LogP contribution is -2.05. The molecule has 0 fully saturated rings. The molecule has 0 heterocycles. The van der Waals surface area contributed by atoms with E-state index in [-0.39, 0.29) is 10.9 Å². The molecule has 0 aromatic heterocycles. The van der Waals surface area contributed by atoms with Gasteiger partial charge in [0.25, 0.3) is 0 Å². The van der Waals surface area contributed by atoms with Gasteiger partial charge in [0.15, 0.2) is 14.7 Å². The minimum Gasteiger partial charge on any atom is -0.120 e. The highest BCUT2D eigenvalue weighted by Crippen LogP contribution is 2.34. The maximum atomic E-state index is 5.27. The van der Waals surface area contributed by atoms with Crippen LogP contribution in [-0.4, -0.2) is 0 Å². The summed E-state index contributed by atoms with van der Waals surface area (Å²) in [5.74, 6) is 2.62. The van der Waals surface area contributed by atoms with E-state index < -0.39 is 0 Å². The molecule has 0 bridgehead atoms. The Bertz CT molecular complexity index is 981. The van der Waals surface area contributed by atoms with Gasteiger partial charge in [-0.05, 0) is 66.8 Å². The van der Waals surface area contributed by atoms with Crippen molar-refractivity contribution in [3.63, 3.8) is 0 Å². The highest BCUT2D eigenvalue weighted by molar-refractivity contribution is 8.03. The quantitative estimate of drug-likeness (QED) is 0.194. The number of benzene rings is 2. The summed E-state index contributed by atoms with van der Waals surface area (Å²) in [5.41, 5.74) is 0. The van der Waals surface area contributed by atoms with E-state index >= 15 is 0 Å². The van der Waals surface area contributed by atoms with Crippen molar-refractivity contribution >= 4 is 22.7 Å². The lowest BCUT2D eigenvalue weighted by atomic mass is 10.4. The van der Waals surface area contributed by atoms with E-state index in [2.05, 4.69) is 104 Å². The van der Waals surface area contributed by atoms with Crippen LogP contribution in [0.3, 0.4) is 0 Å².